The van der Waals surface area contributed by atoms with Crippen LogP contribution in [-0.2, 0) is 19.1 Å². The normalized spacial score (nSPS) is 30.3. The Kier molecular flexibility index (Phi) is 5.30. The maximum absolute atomic E-state index is 12.6. The molecular weight excluding hydrogens is 308 g/mol. The Morgan fingerprint density at radius 2 is 2.00 bits per heavy atom. The zero-order chi connectivity index (χ0) is 15.5. The first kappa shape index (κ1) is 16.7. The van der Waals surface area contributed by atoms with Gasteiger partial charge in [0.15, 0.2) is 0 Å². The van der Waals surface area contributed by atoms with Gasteiger partial charge >= 0.3 is 11.9 Å². The SMILES string of the molecule is CCOC(=O)C[C@H]1C=CCC2(SCCS2)[C@]1(C)C(=O)OC. The van der Waals surface area contributed by atoms with E-state index in [1.54, 1.807) is 6.92 Å². The second-order valence-corrected chi connectivity index (χ2v) is 8.44. The van der Waals surface area contributed by atoms with Gasteiger partial charge in [0.05, 0.1) is 29.6 Å². The van der Waals surface area contributed by atoms with Gasteiger partial charge in [0.2, 0.25) is 0 Å². The fourth-order valence-corrected chi connectivity index (χ4v) is 6.79. The highest BCUT2D eigenvalue weighted by Gasteiger charge is 2.61. The summed E-state index contributed by atoms with van der Waals surface area (Å²) < 4.78 is 9.93. The van der Waals surface area contributed by atoms with Crippen molar-refractivity contribution < 1.29 is 19.1 Å². The number of thioether (sulfide) groups is 2. The van der Waals surface area contributed by atoms with Gasteiger partial charge in [-0.05, 0) is 20.3 Å². The van der Waals surface area contributed by atoms with E-state index >= 15 is 0 Å². The minimum Gasteiger partial charge on any atom is -0.469 e. The fourth-order valence-electron chi connectivity index (χ4n) is 3.14. The number of carbonyl (C=O) groups excluding carboxylic acids is 2. The van der Waals surface area contributed by atoms with Crippen LogP contribution in [0.25, 0.3) is 0 Å². The summed E-state index contributed by atoms with van der Waals surface area (Å²) >= 11 is 3.64. The van der Waals surface area contributed by atoms with Crippen molar-refractivity contribution in [1.82, 2.24) is 0 Å². The van der Waals surface area contributed by atoms with Crippen molar-refractivity contribution in [2.45, 2.75) is 30.8 Å². The lowest BCUT2D eigenvalue weighted by Crippen LogP contribution is -2.53. The molecule has 4 nitrogen and oxygen atoms in total. The lowest BCUT2D eigenvalue weighted by molar-refractivity contribution is -0.157. The van der Waals surface area contributed by atoms with Gasteiger partial charge in [-0.25, -0.2) is 0 Å². The molecule has 1 saturated heterocycles. The molecule has 1 aliphatic heterocycles. The number of methoxy groups -OCH3 is 1. The smallest absolute Gasteiger partial charge is 0.314 e. The van der Waals surface area contributed by atoms with Crippen molar-refractivity contribution in [2.24, 2.45) is 11.3 Å². The first-order chi connectivity index (χ1) is 10.00. The molecule has 0 saturated carbocycles. The number of rotatable bonds is 4. The molecule has 118 valence electrons. The quantitative estimate of drug-likeness (QED) is 0.583. The molecule has 1 heterocycles. The molecule has 2 aliphatic rings. The fraction of sp³-hybridized carbons (Fsp3) is 0.733. The van der Waals surface area contributed by atoms with Crippen LogP contribution in [-0.4, -0.2) is 41.2 Å². The summed E-state index contributed by atoms with van der Waals surface area (Å²) in [6.45, 7) is 4.09. The maximum Gasteiger partial charge on any atom is 0.314 e. The molecule has 0 unspecified atom stereocenters. The summed E-state index contributed by atoms with van der Waals surface area (Å²) in [6, 6.07) is 0. The number of carbonyl (C=O) groups is 2. The average Bonchev–Trinajstić information content (AvgIpc) is 2.93. The highest BCUT2D eigenvalue weighted by atomic mass is 32.2. The molecule has 1 fully saturated rings. The third-order valence-electron chi connectivity index (χ3n) is 4.34. The van der Waals surface area contributed by atoms with Crippen LogP contribution >= 0.6 is 23.5 Å². The highest BCUT2D eigenvalue weighted by Crippen LogP contribution is 2.63. The Hall–Kier alpha value is -0.620. The zero-order valence-electron chi connectivity index (χ0n) is 12.7. The topological polar surface area (TPSA) is 52.6 Å². The zero-order valence-corrected chi connectivity index (χ0v) is 14.4. The molecule has 2 rings (SSSR count). The summed E-state index contributed by atoms with van der Waals surface area (Å²) in [7, 11) is 1.42. The third-order valence-corrected chi connectivity index (χ3v) is 8.24. The van der Waals surface area contributed by atoms with Gasteiger partial charge in [-0.15, -0.1) is 23.5 Å². The van der Waals surface area contributed by atoms with Gasteiger partial charge < -0.3 is 9.47 Å². The Morgan fingerprint density at radius 1 is 1.33 bits per heavy atom. The Balaban J connectivity index is 2.33. The highest BCUT2D eigenvalue weighted by molar-refractivity contribution is 8.21. The van der Waals surface area contributed by atoms with Crippen LogP contribution in [0.5, 0.6) is 0 Å². The molecular formula is C15H22O4S2. The Labute approximate surface area is 134 Å². The van der Waals surface area contributed by atoms with Crippen LogP contribution in [0.15, 0.2) is 12.2 Å². The van der Waals surface area contributed by atoms with E-state index in [1.165, 1.54) is 7.11 Å². The van der Waals surface area contributed by atoms with Crippen LogP contribution in [0.1, 0.15) is 26.7 Å². The lowest BCUT2D eigenvalue weighted by atomic mass is 9.68. The van der Waals surface area contributed by atoms with Crippen molar-refractivity contribution in [3.8, 4) is 0 Å². The van der Waals surface area contributed by atoms with Crippen molar-refractivity contribution in [3.63, 3.8) is 0 Å². The van der Waals surface area contributed by atoms with E-state index in [4.69, 9.17) is 9.47 Å². The number of ether oxygens (including phenoxy) is 2. The number of allylic oxidation sites excluding steroid dienone is 2. The molecule has 0 aromatic heterocycles. The first-order valence-electron chi connectivity index (χ1n) is 7.19. The monoisotopic (exact) mass is 330 g/mol. The molecule has 6 heteroatoms. The second kappa shape index (κ2) is 6.65. The summed E-state index contributed by atoms with van der Waals surface area (Å²) in [5, 5.41) is 0. The van der Waals surface area contributed by atoms with E-state index in [9.17, 15) is 9.59 Å². The summed E-state index contributed by atoms with van der Waals surface area (Å²) in [6.07, 6.45) is 5.13. The van der Waals surface area contributed by atoms with Gasteiger partial charge in [-0.1, -0.05) is 12.2 Å². The standard InChI is InChI=1S/C15H22O4S2/c1-4-19-12(16)10-11-6-5-7-15(20-8-9-21-15)14(11,2)13(17)18-3/h5-6,11H,4,7-10H2,1-3H3/t11-,14+/m1/s1. The molecule has 0 N–H and O–H groups in total. The lowest BCUT2D eigenvalue weighted by Gasteiger charge is -2.48. The summed E-state index contributed by atoms with van der Waals surface area (Å²) in [4.78, 5) is 24.5. The van der Waals surface area contributed by atoms with Crippen molar-refractivity contribution in [2.75, 3.05) is 25.2 Å². The van der Waals surface area contributed by atoms with Crippen LogP contribution in [0, 0.1) is 11.3 Å². The van der Waals surface area contributed by atoms with Crippen molar-refractivity contribution in [3.05, 3.63) is 12.2 Å². The molecule has 1 spiro atoms. The third kappa shape index (κ3) is 2.84. The minimum absolute atomic E-state index is 0.184. The number of hydrogen-bond acceptors (Lipinski definition) is 6. The molecule has 2 atom stereocenters. The maximum atomic E-state index is 12.6. The number of esters is 2. The van der Waals surface area contributed by atoms with E-state index in [0.717, 1.165) is 17.9 Å². The molecule has 0 bridgehead atoms. The van der Waals surface area contributed by atoms with Gasteiger partial charge in [-0.2, -0.15) is 0 Å². The molecule has 0 amide bonds. The van der Waals surface area contributed by atoms with Gasteiger partial charge in [0.1, 0.15) is 0 Å². The van der Waals surface area contributed by atoms with Gasteiger partial charge in [0, 0.05) is 17.4 Å². The van der Waals surface area contributed by atoms with E-state index < -0.39 is 5.41 Å². The van der Waals surface area contributed by atoms with Gasteiger partial charge in [-0.3, -0.25) is 9.59 Å². The predicted octanol–water partition coefficient (Wildman–Crippen LogP) is 2.87. The van der Waals surface area contributed by atoms with Crippen LogP contribution < -0.4 is 0 Å². The summed E-state index contributed by atoms with van der Waals surface area (Å²) in [5.74, 6) is 1.38. The van der Waals surface area contributed by atoms with E-state index in [2.05, 4.69) is 6.08 Å². The van der Waals surface area contributed by atoms with E-state index in [-0.39, 0.29) is 28.4 Å². The van der Waals surface area contributed by atoms with Crippen LogP contribution in [0.2, 0.25) is 0 Å². The van der Waals surface area contributed by atoms with Gasteiger partial charge in [0.25, 0.3) is 0 Å². The Bertz CT molecular complexity index is 443. The molecule has 0 radical (unpaired) electrons. The van der Waals surface area contributed by atoms with E-state index in [0.29, 0.717) is 6.61 Å². The van der Waals surface area contributed by atoms with E-state index in [1.807, 2.05) is 36.5 Å². The van der Waals surface area contributed by atoms with Crippen molar-refractivity contribution >= 4 is 35.5 Å². The second-order valence-electron chi connectivity index (χ2n) is 5.39. The molecule has 0 aromatic carbocycles. The first-order valence-corrected chi connectivity index (χ1v) is 9.16. The number of hydrogen-bond donors (Lipinski definition) is 0. The summed E-state index contributed by atoms with van der Waals surface area (Å²) in [5.41, 5.74) is -0.713. The van der Waals surface area contributed by atoms with Crippen LogP contribution in [0.3, 0.4) is 0 Å². The van der Waals surface area contributed by atoms with Crippen LogP contribution in [0.4, 0.5) is 0 Å². The average molecular weight is 330 g/mol. The molecule has 1 aliphatic carbocycles. The minimum atomic E-state index is -0.713. The van der Waals surface area contributed by atoms with Crippen molar-refractivity contribution in [1.29, 1.82) is 0 Å². The Morgan fingerprint density at radius 3 is 2.57 bits per heavy atom. The largest absolute Gasteiger partial charge is 0.469 e. The molecule has 0 aromatic rings. The predicted molar refractivity (Wildman–Crippen MR) is 86.3 cm³/mol. The molecule has 21 heavy (non-hydrogen) atoms.